The number of ether oxygens (including phenoxy) is 1. The molecule has 1 amide bonds. The van der Waals surface area contributed by atoms with E-state index in [9.17, 15) is 4.79 Å². The summed E-state index contributed by atoms with van der Waals surface area (Å²) in [6.07, 6.45) is 5.82. The number of nitrogens with zero attached hydrogens (tertiary/aromatic N) is 1. The molecule has 0 saturated carbocycles. The molecule has 0 aromatic heterocycles. The van der Waals surface area contributed by atoms with Crippen LogP contribution in [0.5, 0.6) is 0 Å². The molecular weight excluding hydrogens is 264 g/mol. The van der Waals surface area contributed by atoms with Crippen LogP contribution in [0.2, 0.25) is 0 Å². The quantitative estimate of drug-likeness (QED) is 0.849. The predicted molar refractivity (Wildman–Crippen MR) is 85.3 cm³/mol. The zero-order valence-electron chi connectivity index (χ0n) is 14.2. The molecule has 2 heterocycles. The number of carbonyl (C=O) groups excluding carboxylic acids is 1. The van der Waals surface area contributed by atoms with Gasteiger partial charge in [0.05, 0.1) is 0 Å². The number of hydrogen-bond acceptors (Lipinski definition) is 3. The van der Waals surface area contributed by atoms with Gasteiger partial charge in [0.25, 0.3) is 0 Å². The molecule has 2 saturated heterocycles. The second kappa shape index (κ2) is 6.99. The predicted octanol–water partition coefficient (Wildman–Crippen LogP) is 3.41. The highest BCUT2D eigenvalue weighted by molar-refractivity contribution is 5.68. The summed E-state index contributed by atoms with van der Waals surface area (Å²) in [7, 11) is 0. The molecule has 0 aliphatic carbocycles. The first-order valence-corrected chi connectivity index (χ1v) is 8.59. The largest absolute Gasteiger partial charge is 0.444 e. The van der Waals surface area contributed by atoms with Crippen LogP contribution in [0.25, 0.3) is 0 Å². The van der Waals surface area contributed by atoms with Crippen LogP contribution in [0, 0.1) is 11.8 Å². The lowest BCUT2D eigenvalue weighted by Crippen LogP contribution is -2.51. The van der Waals surface area contributed by atoms with Crippen LogP contribution in [0.3, 0.4) is 0 Å². The fourth-order valence-electron chi connectivity index (χ4n) is 3.74. The zero-order valence-corrected chi connectivity index (χ0v) is 14.2. The van der Waals surface area contributed by atoms with Gasteiger partial charge in [0.15, 0.2) is 0 Å². The van der Waals surface area contributed by atoms with Crippen LogP contribution >= 0.6 is 0 Å². The van der Waals surface area contributed by atoms with Crippen molar-refractivity contribution < 1.29 is 9.53 Å². The Morgan fingerprint density at radius 1 is 1.19 bits per heavy atom. The van der Waals surface area contributed by atoms with Gasteiger partial charge >= 0.3 is 6.09 Å². The summed E-state index contributed by atoms with van der Waals surface area (Å²) in [5, 5.41) is 3.43. The van der Waals surface area contributed by atoms with Gasteiger partial charge in [-0.05, 0) is 77.8 Å². The van der Waals surface area contributed by atoms with E-state index in [1.165, 1.54) is 19.3 Å². The highest BCUT2D eigenvalue weighted by atomic mass is 16.6. The van der Waals surface area contributed by atoms with Gasteiger partial charge in [0, 0.05) is 12.6 Å². The van der Waals surface area contributed by atoms with E-state index >= 15 is 0 Å². The van der Waals surface area contributed by atoms with Gasteiger partial charge in [-0.15, -0.1) is 0 Å². The Morgan fingerprint density at radius 2 is 1.86 bits per heavy atom. The van der Waals surface area contributed by atoms with Crippen molar-refractivity contribution in [3.63, 3.8) is 0 Å². The molecule has 0 aromatic rings. The number of amides is 1. The molecule has 0 spiro atoms. The van der Waals surface area contributed by atoms with Gasteiger partial charge in [-0.2, -0.15) is 0 Å². The van der Waals surface area contributed by atoms with Crippen molar-refractivity contribution in [3.8, 4) is 0 Å². The highest BCUT2D eigenvalue weighted by Gasteiger charge is 2.36. The van der Waals surface area contributed by atoms with Gasteiger partial charge < -0.3 is 15.0 Å². The minimum Gasteiger partial charge on any atom is -0.444 e. The van der Waals surface area contributed by atoms with Crippen molar-refractivity contribution in [3.05, 3.63) is 0 Å². The maximum absolute atomic E-state index is 12.5. The molecule has 2 fully saturated rings. The van der Waals surface area contributed by atoms with Gasteiger partial charge in [-0.25, -0.2) is 4.79 Å². The van der Waals surface area contributed by atoms with Gasteiger partial charge in [0.1, 0.15) is 5.60 Å². The van der Waals surface area contributed by atoms with E-state index in [-0.39, 0.29) is 6.09 Å². The van der Waals surface area contributed by atoms with Crippen LogP contribution in [-0.2, 0) is 4.74 Å². The first-order chi connectivity index (χ1) is 9.88. The number of carbonyl (C=O) groups is 1. The van der Waals surface area contributed by atoms with E-state index in [2.05, 4.69) is 12.2 Å². The summed E-state index contributed by atoms with van der Waals surface area (Å²) in [6.45, 7) is 11.3. The standard InChI is InChI=1S/C17H32N2O2/c1-13(14-8-10-18-11-9-14)15-7-5-6-12-19(15)16(20)21-17(2,3)4/h13-15,18H,5-12H2,1-4H3. The minimum atomic E-state index is -0.406. The smallest absolute Gasteiger partial charge is 0.410 e. The third-order valence-electron chi connectivity index (χ3n) is 4.91. The van der Waals surface area contributed by atoms with E-state index in [1.54, 1.807) is 0 Å². The Hall–Kier alpha value is -0.770. The number of piperidine rings is 2. The van der Waals surface area contributed by atoms with E-state index in [4.69, 9.17) is 4.74 Å². The summed E-state index contributed by atoms with van der Waals surface area (Å²) >= 11 is 0. The number of hydrogen-bond donors (Lipinski definition) is 1. The topological polar surface area (TPSA) is 41.6 Å². The number of likely N-dealkylation sites (tertiary alicyclic amines) is 1. The van der Waals surface area contributed by atoms with Crippen molar-refractivity contribution >= 4 is 6.09 Å². The molecule has 4 nitrogen and oxygen atoms in total. The second-order valence-electron chi connectivity index (χ2n) is 7.68. The summed E-state index contributed by atoms with van der Waals surface area (Å²) in [5.74, 6) is 1.30. The van der Waals surface area contributed by atoms with E-state index in [0.717, 1.165) is 38.4 Å². The Kier molecular flexibility index (Phi) is 5.53. The fourth-order valence-corrected chi connectivity index (χ4v) is 3.74. The Labute approximate surface area is 129 Å². The molecule has 2 unspecified atom stereocenters. The van der Waals surface area contributed by atoms with Gasteiger partial charge in [-0.3, -0.25) is 0 Å². The van der Waals surface area contributed by atoms with Crippen LogP contribution in [0.15, 0.2) is 0 Å². The molecule has 2 atom stereocenters. The molecule has 0 bridgehead atoms. The van der Waals surface area contributed by atoms with Crippen molar-refractivity contribution in [2.24, 2.45) is 11.8 Å². The highest BCUT2D eigenvalue weighted by Crippen LogP contribution is 2.33. The minimum absolute atomic E-state index is 0.118. The van der Waals surface area contributed by atoms with Crippen molar-refractivity contribution in [2.75, 3.05) is 19.6 Å². The molecule has 2 aliphatic rings. The van der Waals surface area contributed by atoms with E-state index in [1.807, 2.05) is 25.7 Å². The Bertz CT molecular complexity index is 345. The first-order valence-electron chi connectivity index (χ1n) is 8.59. The molecule has 4 heteroatoms. The van der Waals surface area contributed by atoms with Crippen LogP contribution < -0.4 is 5.32 Å². The zero-order chi connectivity index (χ0) is 15.5. The normalized spacial score (nSPS) is 26.5. The molecule has 122 valence electrons. The SMILES string of the molecule is CC(C1CCNCC1)C1CCCCN1C(=O)OC(C)(C)C. The van der Waals surface area contributed by atoms with Gasteiger partial charge in [-0.1, -0.05) is 6.92 Å². The Morgan fingerprint density at radius 3 is 2.48 bits per heavy atom. The summed E-state index contributed by atoms with van der Waals surface area (Å²) in [4.78, 5) is 14.5. The monoisotopic (exact) mass is 296 g/mol. The molecule has 2 aliphatic heterocycles. The molecule has 1 N–H and O–H groups in total. The lowest BCUT2D eigenvalue weighted by Gasteiger charge is -2.43. The maximum atomic E-state index is 12.5. The van der Waals surface area contributed by atoms with E-state index < -0.39 is 5.60 Å². The molecule has 2 rings (SSSR count). The number of nitrogens with one attached hydrogen (secondary N) is 1. The van der Waals surface area contributed by atoms with Crippen molar-refractivity contribution in [1.82, 2.24) is 10.2 Å². The van der Waals surface area contributed by atoms with Crippen LogP contribution in [-0.4, -0.2) is 42.3 Å². The van der Waals surface area contributed by atoms with Crippen LogP contribution in [0.1, 0.15) is 59.8 Å². The molecule has 0 aromatic carbocycles. The molecule has 21 heavy (non-hydrogen) atoms. The number of rotatable bonds is 2. The lowest BCUT2D eigenvalue weighted by atomic mass is 9.78. The summed E-state index contributed by atoms with van der Waals surface area (Å²) < 4.78 is 5.62. The third kappa shape index (κ3) is 4.60. The maximum Gasteiger partial charge on any atom is 0.410 e. The molecular formula is C17H32N2O2. The first kappa shape index (κ1) is 16.6. The van der Waals surface area contributed by atoms with Gasteiger partial charge in [0.2, 0.25) is 0 Å². The average Bonchev–Trinajstić information content (AvgIpc) is 2.45. The summed E-state index contributed by atoms with van der Waals surface area (Å²) in [6, 6.07) is 0.358. The van der Waals surface area contributed by atoms with Crippen molar-refractivity contribution in [1.29, 1.82) is 0 Å². The fraction of sp³-hybridized carbons (Fsp3) is 0.941. The average molecular weight is 296 g/mol. The third-order valence-corrected chi connectivity index (χ3v) is 4.91. The Balaban J connectivity index is 2.02. The van der Waals surface area contributed by atoms with E-state index in [0.29, 0.717) is 12.0 Å². The second-order valence-corrected chi connectivity index (χ2v) is 7.68. The summed E-state index contributed by atoms with van der Waals surface area (Å²) in [5.41, 5.74) is -0.406. The molecule has 0 radical (unpaired) electrons. The van der Waals surface area contributed by atoms with Crippen LogP contribution in [0.4, 0.5) is 4.79 Å². The lowest BCUT2D eigenvalue weighted by molar-refractivity contribution is -0.00354. The van der Waals surface area contributed by atoms with Crippen molar-refractivity contribution in [2.45, 2.75) is 71.4 Å².